The summed E-state index contributed by atoms with van der Waals surface area (Å²) >= 11 is 0. The number of non-ortho nitro benzene ring substituents is 1. The Morgan fingerprint density at radius 2 is 1.58 bits per heavy atom. The Morgan fingerprint density at radius 1 is 1.04 bits per heavy atom. The van der Waals surface area contributed by atoms with Crippen LogP contribution in [0, 0.1) is 10.1 Å². The van der Waals surface area contributed by atoms with E-state index in [-0.39, 0.29) is 18.1 Å². The molecule has 1 N–H and O–H groups in total. The summed E-state index contributed by atoms with van der Waals surface area (Å²) < 4.78 is 21.6. The molecule has 1 aromatic rings. The highest BCUT2D eigenvalue weighted by Gasteiger charge is 2.35. The van der Waals surface area contributed by atoms with Crippen LogP contribution < -0.4 is 5.32 Å². The molecule has 9 nitrogen and oxygen atoms in total. The zero-order valence-electron chi connectivity index (χ0n) is 15.7. The molecule has 0 atom stereocenters. The first-order valence-electron chi connectivity index (χ1n) is 7.98. The summed E-state index contributed by atoms with van der Waals surface area (Å²) in [7, 11) is 6.05. The van der Waals surface area contributed by atoms with Gasteiger partial charge in [0.1, 0.15) is 0 Å². The first-order valence-corrected chi connectivity index (χ1v) is 7.98. The van der Waals surface area contributed by atoms with Gasteiger partial charge in [-0.3, -0.25) is 14.9 Å². The molecule has 0 heterocycles. The van der Waals surface area contributed by atoms with Crippen molar-refractivity contribution in [2.45, 2.75) is 31.3 Å². The highest BCUT2D eigenvalue weighted by Crippen LogP contribution is 2.25. The summed E-state index contributed by atoms with van der Waals surface area (Å²) in [5.41, 5.74) is 0.221. The predicted octanol–water partition coefficient (Wildman–Crippen LogP) is 2.10. The number of hydrogen-bond donors (Lipinski definition) is 1. The Labute approximate surface area is 152 Å². The molecule has 1 aromatic carbocycles. The van der Waals surface area contributed by atoms with Crippen molar-refractivity contribution in [2.24, 2.45) is 0 Å². The zero-order valence-corrected chi connectivity index (χ0v) is 15.7. The molecular formula is C17H26N2O7. The number of amides is 1. The van der Waals surface area contributed by atoms with E-state index in [2.05, 4.69) is 5.32 Å². The quantitative estimate of drug-likeness (QED) is 0.361. The highest BCUT2D eigenvalue weighted by molar-refractivity contribution is 5.94. The topological polar surface area (TPSA) is 109 Å². The Kier molecular flexibility index (Phi) is 8.09. The molecule has 0 bridgehead atoms. The largest absolute Gasteiger partial charge is 0.353 e. The van der Waals surface area contributed by atoms with Crippen molar-refractivity contribution in [1.29, 1.82) is 0 Å². The maximum Gasteiger partial charge on any atom is 0.269 e. The third-order valence-corrected chi connectivity index (χ3v) is 4.43. The maximum atomic E-state index is 12.3. The lowest BCUT2D eigenvalue weighted by molar-refractivity contribution is -0.384. The second kappa shape index (κ2) is 9.58. The maximum absolute atomic E-state index is 12.3. The second-order valence-electron chi connectivity index (χ2n) is 5.85. The molecule has 0 aliphatic carbocycles. The number of carbonyl (C=O) groups is 1. The number of rotatable bonds is 11. The minimum absolute atomic E-state index is 0.0805. The van der Waals surface area contributed by atoms with Gasteiger partial charge in [0.25, 0.3) is 11.6 Å². The van der Waals surface area contributed by atoms with Gasteiger partial charge in [0.2, 0.25) is 0 Å². The first-order chi connectivity index (χ1) is 12.2. The molecule has 0 aromatic heterocycles. The molecule has 0 aliphatic rings. The van der Waals surface area contributed by atoms with Gasteiger partial charge in [-0.15, -0.1) is 0 Å². The van der Waals surface area contributed by atoms with Crippen molar-refractivity contribution in [3.63, 3.8) is 0 Å². The fourth-order valence-corrected chi connectivity index (χ4v) is 2.28. The minimum Gasteiger partial charge on any atom is -0.353 e. The van der Waals surface area contributed by atoms with Gasteiger partial charge >= 0.3 is 0 Å². The lowest BCUT2D eigenvalue weighted by atomic mass is 10.0. The molecule has 1 amide bonds. The normalized spacial score (nSPS) is 12.0. The smallest absolute Gasteiger partial charge is 0.269 e. The number of nitrogens with one attached hydrogen (secondary N) is 1. The fourth-order valence-electron chi connectivity index (χ4n) is 2.28. The van der Waals surface area contributed by atoms with Crippen LogP contribution in [0.4, 0.5) is 5.69 Å². The van der Waals surface area contributed by atoms with Crippen LogP contribution in [0.25, 0.3) is 0 Å². The second-order valence-corrected chi connectivity index (χ2v) is 5.85. The van der Waals surface area contributed by atoms with Crippen molar-refractivity contribution in [1.82, 2.24) is 5.32 Å². The van der Waals surface area contributed by atoms with Crippen LogP contribution in [0.1, 0.15) is 30.1 Å². The summed E-state index contributed by atoms with van der Waals surface area (Å²) in [6.45, 7) is 1.87. The monoisotopic (exact) mass is 370 g/mol. The van der Waals surface area contributed by atoms with Crippen molar-refractivity contribution >= 4 is 11.6 Å². The van der Waals surface area contributed by atoms with Crippen LogP contribution in [0.3, 0.4) is 0 Å². The van der Waals surface area contributed by atoms with Crippen LogP contribution in [0.5, 0.6) is 0 Å². The van der Waals surface area contributed by atoms with Crippen molar-refractivity contribution < 1.29 is 28.7 Å². The van der Waals surface area contributed by atoms with Gasteiger partial charge in [0, 0.05) is 59.0 Å². The number of hydrogen-bond acceptors (Lipinski definition) is 7. The van der Waals surface area contributed by atoms with E-state index in [1.807, 2.05) is 0 Å². The number of benzene rings is 1. The van der Waals surface area contributed by atoms with Crippen LogP contribution >= 0.6 is 0 Å². The van der Waals surface area contributed by atoms with E-state index in [1.54, 1.807) is 21.1 Å². The number of ether oxygens (including phenoxy) is 4. The lowest BCUT2D eigenvalue weighted by Crippen LogP contribution is -2.47. The number of carbonyl (C=O) groups excluding carboxylic acids is 1. The predicted molar refractivity (Wildman–Crippen MR) is 93.8 cm³/mol. The van der Waals surface area contributed by atoms with Gasteiger partial charge < -0.3 is 24.3 Å². The SMILES string of the molecule is COC(C)(CCC(CNC(=O)c1ccc([N+](=O)[O-])cc1)(OC)OC)OC. The number of nitrogens with zero attached hydrogens (tertiary/aromatic N) is 1. The highest BCUT2D eigenvalue weighted by atomic mass is 16.7. The number of nitro benzene ring substituents is 1. The Bertz CT molecular complexity index is 596. The minimum atomic E-state index is -1.06. The Balaban J connectivity index is 2.74. The summed E-state index contributed by atoms with van der Waals surface area (Å²) in [4.78, 5) is 22.4. The third-order valence-electron chi connectivity index (χ3n) is 4.43. The van der Waals surface area contributed by atoms with E-state index < -0.39 is 16.5 Å². The van der Waals surface area contributed by atoms with E-state index >= 15 is 0 Å². The first kappa shape index (κ1) is 22.0. The molecule has 1 rings (SSSR count). The van der Waals surface area contributed by atoms with Crippen molar-refractivity contribution in [2.75, 3.05) is 35.0 Å². The van der Waals surface area contributed by atoms with Gasteiger partial charge in [0.15, 0.2) is 11.6 Å². The van der Waals surface area contributed by atoms with E-state index in [0.717, 1.165) is 0 Å². The average Bonchev–Trinajstić information content (AvgIpc) is 2.68. The van der Waals surface area contributed by atoms with Crippen molar-refractivity contribution in [3.8, 4) is 0 Å². The third kappa shape index (κ3) is 5.73. The van der Waals surface area contributed by atoms with E-state index in [4.69, 9.17) is 18.9 Å². The van der Waals surface area contributed by atoms with Crippen molar-refractivity contribution in [3.05, 3.63) is 39.9 Å². The number of methoxy groups -OCH3 is 4. The standard InChI is InChI=1S/C17H26N2O7/c1-16(23-2,24-3)10-11-17(25-4,26-5)12-18-15(20)13-6-8-14(9-7-13)19(21)22/h6-9H,10-12H2,1-5H3,(H,18,20). The molecule has 0 fully saturated rings. The van der Waals surface area contributed by atoms with Gasteiger partial charge in [0.05, 0.1) is 11.5 Å². The van der Waals surface area contributed by atoms with Crippen LogP contribution in [-0.2, 0) is 18.9 Å². The molecule has 146 valence electrons. The molecule has 0 spiro atoms. The van der Waals surface area contributed by atoms with Gasteiger partial charge in [-0.1, -0.05) is 0 Å². The fraction of sp³-hybridized carbons (Fsp3) is 0.588. The van der Waals surface area contributed by atoms with E-state index in [9.17, 15) is 14.9 Å². The molecule has 9 heteroatoms. The summed E-state index contributed by atoms with van der Waals surface area (Å²) in [5.74, 6) is -2.25. The average molecular weight is 370 g/mol. The van der Waals surface area contributed by atoms with Crippen LogP contribution in [0.2, 0.25) is 0 Å². The Hall–Kier alpha value is -2.07. The zero-order chi connectivity index (χ0) is 19.8. The molecule has 0 unspecified atom stereocenters. The Morgan fingerprint density at radius 3 is 2.00 bits per heavy atom. The summed E-state index contributed by atoms with van der Waals surface area (Å²) in [6, 6.07) is 5.33. The molecule has 0 aliphatic heterocycles. The van der Waals surface area contributed by atoms with Gasteiger partial charge in [-0.05, 0) is 19.1 Å². The lowest BCUT2D eigenvalue weighted by Gasteiger charge is -2.35. The molecule has 26 heavy (non-hydrogen) atoms. The van der Waals surface area contributed by atoms with Gasteiger partial charge in [-0.25, -0.2) is 0 Å². The molecular weight excluding hydrogens is 344 g/mol. The number of nitro groups is 1. The van der Waals surface area contributed by atoms with E-state index in [1.165, 1.54) is 38.5 Å². The summed E-state index contributed by atoms with van der Waals surface area (Å²) in [6.07, 6.45) is 0.869. The molecule has 0 saturated carbocycles. The van der Waals surface area contributed by atoms with Gasteiger partial charge in [-0.2, -0.15) is 0 Å². The van der Waals surface area contributed by atoms with Crippen LogP contribution in [-0.4, -0.2) is 57.4 Å². The molecule has 0 saturated heterocycles. The van der Waals surface area contributed by atoms with E-state index in [0.29, 0.717) is 18.4 Å². The van der Waals surface area contributed by atoms with Crippen LogP contribution in [0.15, 0.2) is 24.3 Å². The molecule has 0 radical (unpaired) electrons. The summed E-state index contributed by atoms with van der Waals surface area (Å²) in [5, 5.41) is 13.4.